The Kier molecular flexibility index (Phi) is 10.3. The monoisotopic (exact) mass is 633 g/mol. The number of halogens is 3. The van der Waals surface area contributed by atoms with Gasteiger partial charge < -0.3 is 24.1 Å². The zero-order chi connectivity index (χ0) is 32.0. The first kappa shape index (κ1) is 32.6. The Bertz CT molecular complexity index is 1720. The molecule has 0 saturated heterocycles. The molecule has 0 aliphatic heterocycles. The van der Waals surface area contributed by atoms with Crippen LogP contribution < -0.4 is 16.1 Å². The SMILES string of the molecule is CCNC(=O)Nc1cc(-c2nc(C(F)(F)F)cs2)c(-c2ccc3c(c2)c(=O)c(C(=O)OCC)cn3C(COC)COC)cn1. The summed E-state index contributed by atoms with van der Waals surface area (Å²) in [6, 6.07) is 5.31. The second-order valence-corrected chi connectivity index (χ2v) is 10.3. The number of rotatable bonds is 11. The van der Waals surface area contributed by atoms with Gasteiger partial charge in [0.05, 0.1) is 31.4 Å². The number of carbonyl (C=O) groups is 2. The number of esters is 1. The number of pyridine rings is 2. The third-order valence-corrected chi connectivity index (χ3v) is 7.33. The maximum atomic E-state index is 13.6. The second kappa shape index (κ2) is 14.0. The van der Waals surface area contributed by atoms with Crippen LogP contribution in [-0.4, -0.2) is 67.1 Å². The number of carbonyl (C=O) groups excluding carboxylic acids is 2. The number of benzene rings is 1. The normalized spacial score (nSPS) is 11.6. The first-order valence-corrected chi connectivity index (χ1v) is 14.3. The minimum absolute atomic E-state index is 0.0201. The topological polar surface area (TPSA) is 134 Å². The Hall–Kier alpha value is -4.34. The van der Waals surface area contributed by atoms with E-state index >= 15 is 0 Å². The predicted octanol–water partition coefficient (Wildman–Crippen LogP) is 5.36. The number of methoxy groups -OCH3 is 2. The number of alkyl halides is 3. The molecule has 4 rings (SSSR count). The van der Waals surface area contributed by atoms with Crippen LogP contribution in [-0.2, 0) is 20.4 Å². The summed E-state index contributed by atoms with van der Waals surface area (Å²) in [6.45, 7) is 4.15. The minimum Gasteiger partial charge on any atom is -0.462 e. The zero-order valence-electron chi connectivity index (χ0n) is 24.3. The third-order valence-electron chi connectivity index (χ3n) is 6.46. The third kappa shape index (κ3) is 7.06. The molecule has 3 heterocycles. The number of fused-ring (bicyclic) bond motifs is 1. The lowest BCUT2D eigenvalue weighted by Crippen LogP contribution is -2.28. The summed E-state index contributed by atoms with van der Waals surface area (Å²) in [6.07, 6.45) is -1.88. The standard InChI is InChI=1S/C29H30F3N5O6S/c1-5-33-28(40)36-24-10-18(26-35-23(15-44-26)29(30,31)32)20(11-34-24)16-7-8-22-19(9-16)25(38)21(27(39)43-6-2)12-37(22)17(13-41-3)14-42-4/h7-12,15,17H,5-6,13-14H2,1-4H3,(H2,33,34,36,40). The van der Waals surface area contributed by atoms with Crippen LogP contribution >= 0.6 is 11.3 Å². The van der Waals surface area contributed by atoms with E-state index in [1.165, 1.54) is 38.7 Å². The minimum atomic E-state index is -4.66. The molecule has 0 aliphatic carbocycles. The molecule has 1 aromatic carbocycles. The van der Waals surface area contributed by atoms with Gasteiger partial charge in [-0.3, -0.25) is 10.1 Å². The van der Waals surface area contributed by atoms with Crippen molar-refractivity contribution >= 4 is 40.1 Å². The maximum absolute atomic E-state index is 13.6. The van der Waals surface area contributed by atoms with Gasteiger partial charge in [0.15, 0.2) is 5.69 Å². The second-order valence-electron chi connectivity index (χ2n) is 9.43. The van der Waals surface area contributed by atoms with E-state index in [1.54, 1.807) is 30.5 Å². The molecule has 4 aromatic rings. The number of thiazole rings is 1. The van der Waals surface area contributed by atoms with E-state index in [-0.39, 0.29) is 47.2 Å². The molecule has 44 heavy (non-hydrogen) atoms. The van der Waals surface area contributed by atoms with Crippen molar-refractivity contribution in [1.82, 2.24) is 19.9 Å². The molecule has 0 atom stereocenters. The van der Waals surface area contributed by atoms with Crippen molar-refractivity contribution in [1.29, 1.82) is 0 Å². The summed E-state index contributed by atoms with van der Waals surface area (Å²) in [5.74, 6) is -0.731. The van der Waals surface area contributed by atoms with Gasteiger partial charge in [0.1, 0.15) is 16.4 Å². The molecule has 3 aromatic heterocycles. The van der Waals surface area contributed by atoms with E-state index in [9.17, 15) is 27.6 Å². The van der Waals surface area contributed by atoms with Crippen molar-refractivity contribution in [3.8, 4) is 21.7 Å². The number of anilines is 1. The highest BCUT2D eigenvalue weighted by Gasteiger charge is 2.34. The largest absolute Gasteiger partial charge is 0.462 e. The van der Waals surface area contributed by atoms with Gasteiger partial charge in [0.2, 0.25) is 5.43 Å². The highest BCUT2D eigenvalue weighted by molar-refractivity contribution is 7.13. The van der Waals surface area contributed by atoms with Crippen LogP contribution in [0.5, 0.6) is 0 Å². The van der Waals surface area contributed by atoms with Crippen LogP contribution in [0.25, 0.3) is 32.6 Å². The molecule has 0 bridgehead atoms. The summed E-state index contributed by atoms with van der Waals surface area (Å²) in [5, 5.41) is 6.17. The van der Waals surface area contributed by atoms with Crippen molar-refractivity contribution in [3.05, 3.63) is 63.5 Å². The summed E-state index contributed by atoms with van der Waals surface area (Å²) in [7, 11) is 3.03. The molecule has 0 spiro atoms. The Labute approximate surface area is 254 Å². The molecular weight excluding hydrogens is 603 g/mol. The highest BCUT2D eigenvalue weighted by atomic mass is 32.1. The van der Waals surface area contributed by atoms with Crippen LogP contribution in [0.1, 0.15) is 35.9 Å². The first-order valence-electron chi connectivity index (χ1n) is 13.4. The smallest absolute Gasteiger partial charge is 0.434 e. The zero-order valence-corrected chi connectivity index (χ0v) is 25.1. The molecule has 0 aliphatic rings. The summed E-state index contributed by atoms with van der Waals surface area (Å²) in [4.78, 5) is 46.6. The number of nitrogens with zero attached hydrogens (tertiary/aromatic N) is 3. The Morgan fingerprint density at radius 1 is 1.09 bits per heavy atom. The van der Waals surface area contributed by atoms with Gasteiger partial charge in [-0.15, -0.1) is 11.3 Å². The molecule has 0 fully saturated rings. The van der Waals surface area contributed by atoms with Gasteiger partial charge in [0, 0.05) is 55.1 Å². The summed E-state index contributed by atoms with van der Waals surface area (Å²) in [5.41, 5.74) is -0.414. The Morgan fingerprint density at radius 3 is 2.43 bits per heavy atom. The lowest BCUT2D eigenvalue weighted by Gasteiger charge is -2.22. The molecule has 234 valence electrons. The van der Waals surface area contributed by atoms with E-state index in [4.69, 9.17) is 14.2 Å². The van der Waals surface area contributed by atoms with Crippen molar-refractivity contribution in [2.24, 2.45) is 0 Å². The van der Waals surface area contributed by atoms with Crippen molar-refractivity contribution in [3.63, 3.8) is 0 Å². The molecule has 0 saturated carbocycles. The van der Waals surface area contributed by atoms with Gasteiger partial charge in [-0.05, 0) is 37.6 Å². The van der Waals surface area contributed by atoms with Gasteiger partial charge in [0.25, 0.3) is 0 Å². The quantitative estimate of drug-likeness (QED) is 0.211. The fourth-order valence-electron chi connectivity index (χ4n) is 4.55. The molecule has 2 N–H and O–H groups in total. The number of aromatic nitrogens is 3. The van der Waals surface area contributed by atoms with Gasteiger partial charge >= 0.3 is 18.2 Å². The number of ether oxygens (including phenoxy) is 3. The van der Waals surface area contributed by atoms with Crippen LogP contribution in [0.15, 0.2) is 46.8 Å². The Balaban J connectivity index is 1.96. The number of hydrogen-bond acceptors (Lipinski definition) is 9. The van der Waals surface area contributed by atoms with Crippen LogP contribution in [0.4, 0.5) is 23.8 Å². The molecule has 2 amide bonds. The Morgan fingerprint density at radius 2 is 1.82 bits per heavy atom. The summed E-state index contributed by atoms with van der Waals surface area (Å²) >= 11 is 0.770. The lowest BCUT2D eigenvalue weighted by molar-refractivity contribution is -0.140. The lowest BCUT2D eigenvalue weighted by atomic mass is 9.99. The fraction of sp³-hybridized carbons (Fsp3) is 0.345. The van der Waals surface area contributed by atoms with Crippen molar-refractivity contribution < 1.29 is 37.0 Å². The molecule has 0 unspecified atom stereocenters. The fourth-order valence-corrected chi connectivity index (χ4v) is 5.41. The van der Waals surface area contributed by atoms with Crippen LogP contribution in [0.3, 0.4) is 0 Å². The maximum Gasteiger partial charge on any atom is 0.434 e. The number of nitrogens with one attached hydrogen (secondary N) is 2. The van der Waals surface area contributed by atoms with E-state index in [0.29, 0.717) is 23.2 Å². The number of amides is 2. The van der Waals surface area contributed by atoms with E-state index in [2.05, 4.69) is 20.6 Å². The van der Waals surface area contributed by atoms with E-state index in [0.717, 1.165) is 16.7 Å². The van der Waals surface area contributed by atoms with Gasteiger partial charge in [-0.25, -0.2) is 19.6 Å². The number of urea groups is 1. The van der Waals surface area contributed by atoms with Crippen molar-refractivity contribution in [2.75, 3.05) is 45.9 Å². The van der Waals surface area contributed by atoms with Crippen LogP contribution in [0, 0.1) is 0 Å². The first-order chi connectivity index (χ1) is 21.0. The highest BCUT2D eigenvalue weighted by Crippen LogP contribution is 2.39. The predicted molar refractivity (Wildman–Crippen MR) is 159 cm³/mol. The number of hydrogen-bond donors (Lipinski definition) is 2. The molecule has 0 radical (unpaired) electrons. The van der Waals surface area contributed by atoms with E-state index in [1.807, 2.05) is 0 Å². The molecule has 15 heteroatoms. The summed E-state index contributed by atoms with van der Waals surface area (Å²) < 4.78 is 57.9. The van der Waals surface area contributed by atoms with Gasteiger partial charge in [-0.2, -0.15) is 13.2 Å². The molecular formula is C29H30F3N5O6S. The average Bonchev–Trinajstić information content (AvgIpc) is 3.49. The van der Waals surface area contributed by atoms with Crippen molar-refractivity contribution in [2.45, 2.75) is 26.1 Å². The van der Waals surface area contributed by atoms with Gasteiger partial charge in [-0.1, -0.05) is 6.07 Å². The van der Waals surface area contributed by atoms with E-state index < -0.39 is 35.3 Å². The van der Waals surface area contributed by atoms with Crippen LogP contribution in [0.2, 0.25) is 0 Å². The average molecular weight is 634 g/mol. The molecule has 11 nitrogen and oxygen atoms in total.